The molecule has 0 bridgehead atoms. The first-order chi connectivity index (χ1) is 23.3. The lowest BCUT2D eigenvalue weighted by molar-refractivity contribution is -0.124. The summed E-state index contributed by atoms with van der Waals surface area (Å²) in [5, 5.41) is 23.8. The molecule has 0 saturated heterocycles. The summed E-state index contributed by atoms with van der Waals surface area (Å²) in [5.41, 5.74) is 5.33. The average molecular weight is 699 g/mol. The fourth-order valence-electron chi connectivity index (χ4n) is 5.15. The van der Waals surface area contributed by atoms with Crippen LogP contribution >= 0.6 is 7.82 Å². The Kier molecular flexibility index (Phi) is 32.8. The number of phosphoric acid groups is 1. The highest BCUT2D eigenvalue weighted by atomic mass is 31.2. The van der Waals surface area contributed by atoms with Crippen LogP contribution in [0.3, 0.4) is 0 Å². The van der Waals surface area contributed by atoms with Crippen LogP contribution in [-0.2, 0) is 18.4 Å². The largest absolute Gasteiger partial charge is 0.472 e. The molecule has 4 atom stereocenters. The lowest BCUT2D eigenvalue weighted by atomic mass is 10.0. The number of carbonyl (C=O) groups is 1. The number of hydrogen-bond acceptors (Lipinski definition) is 7. The van der Waals surface area contributed by atoms with E-state index in [2.05, 4.69) is 42.6 Å². The number of carbonyl (C=O) groups excluding carboxylic acids is 1. The second-order valence-corrected chi connectivity index (χ2v) is 14.1. The summed E-state index contributed by atoms with van der Waals surface area (Å²) in [7, 11) is -4.40. The van der Waals surface area contributed by atoms with Gasteiger partial charge in [0.1, 0.15) is 0 Å². The van der Waals surface area contributed by atoms with Gasteiger partial charge in [0.2, 0.25) is 5.91 Å². The Morgan fingerprint density at radius 1 is 0.750 bits per heavy atom. The van der Waals surface area contributed by atoms with Gasteiger partial charge in [0.15, 0.2) is 0 Å². The van der Waals surface area contributed by atoms with E-state index in [1.807, 2.05) is 13.0 Å². The molecular weight excluding hydrogens is 627 g/mol. The van der Waals surface area contributed by atoms with E-state index in [4.69, 9.17) is 14.8 Å². The van der Waals surface area contributed by atoms with Crippen molar-refractivity contribution in [3.05, 3.63) is 48.6 Å². The van der Waals surface area contributed by atoms with Gasteiger partial charge in [-0.2, -0.15) is 0 Å². The number of amides is 1. The molecule has 0 aliphatic heterocycles. The van der Waals surface area contributed by atoms with Gasteiger partial charge in [-0.05, 0) is 64.7 Å². The van der Waals surface area contributed by atoms with Gasteiger partial charge >= 0.3 is 7.82 Å². The van der Waals surface area contributed by atoms with Crippen molar-refractivity contribution < 1.29 is 33.5 Å². The lowest BCUT2D eigenvalue weighted by Crippen LogP contribution is -2.46. The number of rotatable bonds is 34. The molecule has 0 fully saturated rings. The standard InChI is InChI=1S/C38H71N2O7P/c1-3-5-7-9-11-13-14-15-16-17-18-19-20-22-23-25-27-29-35(41)33-38(43)40-36(34-47-48(44,45)46-32-31-39)37(42)30-28-26-24-21-12-10-8-6-4-2/h4,6,12,17-18,21,28,30,35-37,41-42H,3,5,7-11,13-16,19-20,22-27,29,31-34,39H2,1-2H3,(H,40,43)(H,44,45)/b6-4+,18-17-,21-12+,30-28+. The highest BCUT2D eigenvalue weighted by Gasteiger charge is 2.27. The van der Waals surface area contributed by atoms with Crippen LogP contribution in [0.4, 0.5) is 0 Å². The van der Waals surface area contributed by atoms with E-state index in [0.717, 1.165) is 51.4 Å². The number of phosphoric ester groups is 1. The van der Waals surface area contributed by atoms with Crippen LogP contribution in [0.5, 0.6) is 0 Å². The number of nitrogens with one attached hydrogen (secondary N) is 1. The molecule has 0 heterocycles. The van der Waals surface area contributed by atoms with Gasteiger partial charge in [0.25, 0.3) is 0 Å². The molecule has 0 aliphatic rings. The summed E-state index contributed by atoms with van der Waals surface area (Å²) in [6.45, 7) is 3.67. The molecule has 9 nitrogen and oxygen atoms in total. The lowest BCUT2D eigenvalue weighted by Gasteiger charge is -2.24. The van der Waals surface area contributed by atoms with Crippen LogP contribution in [0.25, 0.3) is 0 Å². The number of aliphatic hydroxyl groups is 2. The molecule has 0 radical (unpaired) electrons. The zero-order valence-electron chi connectivity index (χ0n) is 30.3. The van der Waals surface area contributed by atoms with Crippen molar-refractivity contribution in [1.29, 1.82) is 0 Å². The molecule has 48 heavy (non-hydrogen) atoms. The highest BCUT2D eigenvalue weighted by molar-refractivity contribution is 7.47. The Labute approximate surface area is 293 Å². The second kappa shape index (κ2) is 33.9. The number of unbranched alkanes of at least 4 members (excludes halogenated alkanes) is 15. The predicted molar refractivity (Wildman–Crippen MR) is 200 cm³/mol. The Balaban J connectivity index is 4.36. The summed E-state index contributed by atoms with van der Waals surface area (Å²) in [5.74, 6) is -0.470. The molecule has 0 saturated carbocycles. The van der Waals surface area contributed by atoms with Crippen LogP contribution in [0.15, 0.2) is 48.6 Å². The van der Waals surface area contributed by atoms with Gasteiger partial charge < -0.3 is 26.2 Å². The minimum atomic E-state index is -4.40. The summed E-state index contributed by atoms with van der Waals surface area (Å²) < 4.78 is 21.9. The highest BCUT2D eigenvalue weighted by Crippen LogP contribution is 2.43. The van der Waals surface area contributed by atoms with Crippen molar-refractivity contribution in [3.8, 4) is 0 Å². The molecule has 0 aromatic carbocycles. The van der Waals surface area contributed by atoms with Crippen LogP contribution < -0.4 is 11.1 Å². The van der Waals surface area contributed by atoms with E-state index < -0.39 is 38.6 Å². The third kappa shape index (κ3) is 31.7. The molecule has 0 aliphatic carbocycles. The third-order valence-corrected chi connectivity index (χ3v) is 8.99. The fraction of sp³-hybridized carbons (Fsp3) is 0.763. The van der Waals surface area contributed by atoms with Crippen molar-refractivity contribution in [2.24, 2.45) is 5.73 Å². The van der Waals surface area contributed by atoms with E-state index in [1.54, 1.807) is 6.08 Å². The first kappa shape index (κ1) is 46.4. The number of aliphatic hydroxyl groups excluding tert-OH is 2. The van der Waals surface area contributed by atoms with Gasteiger partial charge in [-0.15, -0.1) is 0 Å². The van der Waals surface area contributed by atoms with Crippen molar-refractivity contribution in [1.82, 2.24) is 5.32 Å². The first-order valence-corrected chi connectivity index (χ1v) is 20.3. The number of allylic oxidation sites excluding steroid dienone is 7. The van der Waals surface area contributed by atoms with Gasteiger partial charge in [0, 0.05) is 6.54 Å². The van der Waals surface area contributed by atoms with E-state index in [-0.39, 0.29) is 19.6 Å². The Bertz CT molecular complexity index is 909. The first-order valence-electron chi connectivity index (χ1n) is 18.8. The van der Waals surface area contributed by atoms with E-state index in [9.17, 15) is 24.5 Å². The normalized spacial score (nSPS) is 15.5. The van der Waals surface area contributed by atoms with Crippen LogP contribution in [0.2, 0.25) is 0 Å². The summed E-state index contributed by atoms with van der Waals surface area (Å²) >= 11 is 0. The summed E-state index contributed by atoms with van der Waals surface area (Å²) in [4.78, 5) is 22.6. The molecule has 1 amide bonds. The fourth-order valence-corrected chi connectivity index (χ4v) is 5.91. The molecule has 0 spiro atoms. The smallest absolute Gasteiger partial charge is 0.393 e. The average Bonchev–Trinajstić information content (AvgIpc) is 3.06. The molecule has 6 N–H and O–H groups in total. The van der Waals surface area contributed by atoms with E-state index in [0.29, 0.717) is 12.8 Å². The zero-order valence-corrected chi connectivity index (χ0v) is 31.2. The van der Waals surface area contributed by atoms with Gasteiger partial charge in [0.05, 0.1) is 37.9 Å². The minimum Gasteiger partial charge on any atom is -0.393 e. The Morgan fingerprint density at radius 3 is 1.85 bits per heavy atom. The summed E-state index contributed by atoms with van der Waals surface area (Å²) in [6, 6.07) is -1.01. The second-order valence-electron chi connectivity index (χ2n) is 12.6. The van der Waals surface area contributed by atoms with Crippen molar-refractivity contribution >= 4 is 13.7 Å². The van der Waals surface area contributed by atoms with Crippen molar-refractivity contribution in [2.45, 2.75) is 167 Å². The maximum Gasteiger partial charge on any atom is 0.472 e. The molecule has 0 aromatic rings. The molecular formula is C38H71N2O7P. The van der Waals surface area contributed by atoms with Gasteiger partial charge in [-0.3, -0.25) is 13.8 Å². The maximum atomic E-state index is 12.7. The SMILES string of the molecule is C/C=C/CC/C=C/CC/C=C/C(O)C(COP(=O)(O)OCCN)NC(=O)CC(O)CCCCCCC/C=C\CCCCCCCCCC. The predicted octanol–water partition coefficient (Wildman–Crippen LogP) is 8.74. The van der Waals surface area contributed by atoms with Crippen LogP contribution in [-0.4, -0.2) is 59.0 Å². The topological polar surface area (TPSA) is 151 Å². The molecule has 10 heteroatoms. The molecule has 280 valence electrons. The monoisotopic (exact) mass is 698 g/mol. The Morgan fingerprint density at radius 2 is 1.27 bits per heavy atom. The third-order valence-electron chi connectivity index (χ3n) is 8.00. The van der Waals surface area contributed by atoms with Crippen LogP contribution in [0.1, 0.15) is 149 Å². The maximum absolute atomic E-state index is 12.7. The Hall–Kier alpha value is -1.58. The van der Waals surface area contributed by atoms with E-state index in [1.165, 1.54) is 70.3 Å². The molecule has 0 rings (SSSR count). The van der Waals surface area contributed by atoms with Crippen molar-refractivity contribution in [2.75, 3.05) is 19.8 Å². The molecule has 4 unspecified atom stereocenters. The zero-order chi connectivity index (χ0) is 35.6. The van der Waals surface area contributed by atoms with Crippen molar-refractivity contribution in [3.63, 3.8) is 0 Å². The quantitative estimate of drug-likeness (QED) is 0.0254. The number of hydrogen-bond donors (Lipinski definition) is 5. The van der Waals surface area contributed by atoms with Gasteiger partial charge in [-0.25, -0.2) is 4.57 Å². The minimum absolute atomic E-state index is 0.0395. The van der Waals surface area contributed by atoms with E-state index >= 15 is 0 Å². The van der Waals surface area contributed by atoms with Gasteiger partial charge in [-0.1, -0.05) is 126 Å². The number of nitrogens with two attached hydrogens (primary N) is 1. The molecule has 0 aromatic heterocycles. The van der Waals surface area contributed by atoms with Crippen LogP contribution in [0, 0.1) is 0 Å². The summed E-state index contributed by atoms with van der Waals surface area (Å²) in [6.07, 6.45) is 36.6.